The zero-order valence-corrected chi connectivity index (χ0v) is 16.2. The number of aromatic amines is 1. The molecule has 2 aromatic heterocycles. The molecule has 2 bridgehead atoms. The minimum Gasteiger partial charge on any atom is -0.347 e. The normalized spacial score (nSPS) is 23.8. The molecule has 148 valence electrons. The van der Waals surface area contributed by atoms with E-state index < -0.39 is 0 Å². The number of aromatic nitrogens is 4. The van der Waals surface area contributed by atoms with Crippen molar-refractivity contribution in [3.05, 3.63) is 66.4 Å². The number of piperidine rings is 1. The summed E-state index contributed by atoms with van der Waals surface area (Å²) in [5, 5.41) is 10.7. The predicted octanol–water partition coefficient (Wildman–Crippen LogP) is 2.51. The van der Waals surface area contributed by atoms with Gasteiger partial charge in [-0.25, -0.2) is 4.98 Å². The van der Waals surface area contributed by atoms with E-state index in [1.165, 1.54) is 11.8 Å². The predicted molar refractivity (Wildman–Crippen MR) is 109 cm³/mol. The molecule has 1 aliphatic carbocycles. The van der Waals surface area contributed by atoms with Gasteiger partial charge in [0.25, 0.3) is 5.91 Å². The maximum Gasteiger partial charge on any atom is 0.271 e. The molecule has 7 heteroatoms. The van der Waals surface area contributed by atoms with Crippen molar-refractivity contribution in [1.82, 2.24) is 30.4 Å². The molecule has 5 rings (SSSR count). The summed E-state index contributed by atoms with van der Waals surface area (Å²) >= 11 is 0. The maximum atomic E-state index is 12.5. The van der Waals surface area contributed by atoms with Crippen LogP contribution >= 0.6 is 0 Å². The van der Waals surface area contributed by atoms with Crippen molar-refractivity contribution < 1.29 is 4.79 Å². The highest BCUT2D eigenvalue weighted by molar-refractivity contribution is 5.92. The SMILES string of the molecule is O=C(NC1[C@@H]2CC[C@H]1CN(Cc1cn[nH]c1-c1ccccc1)C2)c1cnccn1. The molecule has 3 atom stereocenters. The molecule has 3 aromatic rings. The van der Waals surface area contributed by atoms with E-state index in [1.54, 1.807) is 12.4 Å². The van der Waals surface area contributed by atoms with Gasteiger partial charge in [0, 0.05) is 43.6 Å². The number of hydrogen-bond acceptors (Lipinski definition) is 5. The van der Waals surface area contributed by atoms with Gasteiger partial charge in [-0.15, -0.1) is 0 Å². The largest absolute Gasteiger partial charge is 0.347 e. The summed E-state index contributed by atoms with van der Waals surface area (Å²) in [6.45, 7) is 2.85. The first-order valence-electron chi connectivity index (χ1n) is 10.1. The highest BCUT2D eigenvalue weighted by atomic mass is 16.2. The van der Waals surface area contributed by atoms with E-state index in [-0.39, 0.29) is 11.9 Å². The lowest BCUT2D eigenvalue weighted by Crippen LogP contribution is -2.52. The van der Waals surface area contributed by atoms with Crippen molar-refractivity contribution in [1.29, 1.82) is 0 Å². The molecule has 0 spiro atoms. The third-order valence-corrected chi connectivity index (χ3v) is 6.18. The van der Waals surface area contributed by atoms with Crippen molar-refractivity contribution in [2.24, 2.45) is 11.8 Å². The van der Waals surface area contributed by atoms with Gasteiger partial charge in [0.2, 0.25) is 0 Å². The van der Waals surface area contributed by atoms with Crippen molar-refractivity contribution in [3.63, 3.8) is 0 Å². The fourth-order valence-electron chi connectivity index (χ4n) is 4.85. The summed E-state index contributed by atoms with van der Waals surface area (Å²) in [6.07, 6.45) is 8.91. The van der Waals surface area contributed by atoms with E-state index >= 15 is 0 Å². The second-order valence-corrected chi connectivity index (χ2v) is 8.02. The van der Waals surface area contributed by atoms with Crippen LogP contribution in [0.15, 0.2) is 55.1 Å². The molecule has 29 heavy (non-hydrogen) atoms. The first-order valence-corrected chi connectivity index (χ1v) is 10.1. The van der Waals surface area contributed by atoms with Crippen LogP contribution in [0, 0.1) is 11.8 Å². The number of benzene rings is 1. The summed E-state index contributed by atoms with van der Waals surface area (Å²) in [7, 11) is 0. The van der Waals surface area contributed by atoms with E-state index in [0.717, 1.165) is 43.7 Å². The minimum absolute atomic E-state index is 0.116. The summed E-state index contributed by atoms with van der Waals surface area (Å²) in [5.41, 5.74) is 3.86. The average molecular weight is 388 g/mol. The third kappa shape index (κ3) is 3.65. The lowest BCUT2D eigenvalue weighted by atomic mass is 9.91. The zero-order valence-electron chi connectivity index (χ0n) is 16.2. The molecule has 1 saturated heterocycles. The fourth-order valence-corrected chi connectivity index (χ4v) is 4.85. The highest BCUT2D eigenvalue weighted by Crippen LogP contribution is 2.38. The molecule has 1 unspecified atom stereocenters. The van der Waals surface area contributed by atoms with Gasteiger partial charge in [-0.3, -0.25) is 19.8 Å². The van der Waals surface area contributed by atoms with Crippen molar-refractivity contribution >= 4 is 5.91 Å². The quantitative estimate of drug-likeness (QED) is 0.701. The highest BCUT2D eigenvalue weighted by Gasteiger charge is 2.42. The van der Waals surface area contributed by atoms with Gasteiger partial charge in [-0.2, -0.15) is 5.10 Å². The van der Waals surface area contributed by atoms with Crippen LogP contribution in [-0.2, 0) is 6.54 Å². The lowest BCUT2D eigenvalue weighted by molar-refractivity contribution is 0.0820. The van der Waals surface area contributed by atoms with E-state index in [0.29, 0.717) is 17.5 Å². The molecule has 1 aliphatic heterocycles. The summed E-state index contributed by atoms with van der Waals surface area (Å²) in [6, 6.07) is 10.6. The second-order valence-electron chi connectivity index (χ2n) is 8.02. The molecular formula is C22H24N6O. The number of fused-ring (bicyclic) bond motifs is 2. The van der Waals surface area contributed by atoms with Gasteiger partial charge in [0.05, 0.1) is 18.1 Å². The van der Waals surface area contributed by atoms with E-state index in [9.17, 15) is 4.79 Å². The molecule has 1 saturated carbocycles. The standard InChI is InChI=1S/C22H24N6O/c29-22(19-11-23-8-9-24-19)26-20-16-6-7-17(20)13-28(12-16)14-18-10-25-27-21(18)15-4-2-1-3-5-15/h1-5,8-11,16-17,20H,6-7,12-14H2,(H,25,27)(H,26,29)/t16-,17+,20?. The number of carbonyl (C=O) groups is 1. The van der Waals surface area contributed by atoms with Crippen molar-refractivity contribution in [3.8, 4) is 11.3 Å². The first-order chi connectivity index (χ1) is 14.3. The maximum absolute atomic E-state index is 12.5. The Balaban J connectivity index is 1.26. The number of amides is 1. The van der Waals surface area contributed by atoms with Crippen LogP contribution in [0.25, 0.3) is 11.3 Å². The Labute approximate surface area is 169 Å². The number of hydrogen-bond donors (Lipinski definition) is 2. The van der Waals surface area contributed by atoms with Crippen LogP contribution in [0.4, 0.5) is 0 Å². The van der Waals surface area contributed by atoms with Crippen LogP contribution in [0.2, 0.25) is 0 Å². The minimum atomic E-state index is -0.116. The number of rotatable bonds is 5. The van der Waals surface area contributed by atoms with Gasteiger partial charge in [0.1, 0.15) is 5.69 Å². The van der Waals surface area contributed by atoms with Gasteiger partial charge >= 0.3 is 0 Å². The third-order valence-electron chi connectivity index (χ3n) is 6.18. The molecule has 7 nitrogen and oxygen atoms in total. The Hall–Kier alpha value is -3.06. The lowest BCUT2D eigenvalue weighted by Gasteiger charge is -2.38. The average Bonchev–Trinajstić information content (AvgIpc) is 3.30. The molecule has 0 radical (unpaired) electrons. The Morgan fingerprint density at radius 3 is 2.62 bits per heavy atom. The molecule has 1 aromatic carbocycles. The fraction of sp³-hybridized carbons (Fsp3) is 0.364. The Bertz CT molecular complexity index is 959. The number of nitrogens with zero attached hydrogens (tertiary/aromatic N) is 4. The topological polar surface area (TPSA) is 86.8 Å². The molecule has 1 amide bonds. The van der Waals surface area contributed by atoms with Crippen LogP contribution in [0.5, 0.6) is 0 Å². The summed E-state index contributed by atoms with van der Waals surface area (Å²) in [4.78, 5) is 23.2. The van der Waals surface area contributed by atoms with Gasteiger partial charge < -0.3 is 5.32 Å². The number of carbonyl (C=O) groups excluding carboxylic acids is 1. The van der Waals surface area contributed by atoms with E-state index in [1.807, 2.05) is 24.4 Å². The van der Waals surface area contributed by atoms with Crippen molar-refractivity contribution in [2.45, 2.75) is 25.4 Å². The molecule has 3 heterocycles. The van der Waals surface area contributed by atoms with Crippen LogP contribution in [-0.4, -0.2) is 50.1 Å². The second kappa shape index (κ2) is 7.75. The Morgan fingerprint density at radius 2 is 1.90 bits per heavy atom. The molecule has 2 aliphatic rings. The molecular weight excluding hydrogens is 364 g/mol. The number of likely N-dealkylation sites (tertiary alicyclic amines) is 1. The Kier molecular flexibility index (Phi) is 4.81. The number of nitrogens with one attached hydrogen (secondary N) is 2. The molecule has 2 fully saturated rings. The summed E-state index contributed by atoms with van der Waals surface area (Å²) in [5.74, 6) is 0.831. The van der Waals surface area contributed by atoms with Crippen LogP contribution in [0.1, 0.15) is 28.9 Å². The van der Waals surface area contributed by atoms with Crippen molar-refractivity contribution in [2.75, 3.05) is 13.1 Å². The van der Waals surface area contributed by atoms with Crippen LogP contribution in [0.3, 0.4) is 0 Å². The zero-order chi connectivity index (χ0) is 19.6. The Morgan fingerprint density at radius 1 is 1.10 bits per heavy atom. The smallest absolute Gasteiger partial charge is 0.271 e. The monoisotopic (exact) mass is 388 g/mol. The van der Waals surface area contributed by atoms with E-state index in [2.05, 4.69) is 42.5 Å². The van der Waals surface area contributed by atoms with E-state index in [4.69, 9.17) is 0 Å². The molecule has 2 N–H and O–H groups in total. The van der Waals surface area contributed by atoms with Crippen LogP contribution < -0.4 is 5.32 Å². The first kappa shape index (κ1) is 18.0. The van der Waals surface area contributed by atoms with Gasteiger partial charge in [-0.1, -0.05) is 30.3 Å². The van der Waals surface area contributed by atoms with Gasteiger partial charge in [0.15, 0.2) is 0 Å². The number of H-pyrrole nitrogens is 1. The van der Waals surface area contributed by atoms with Gasteiger partial charge in [-0.05, 0) is 30.2 Å². The summed E-state index contributed by atoms with van der Waals surface area (Å²) < 4.78 is 0.